The molecular formula is C27H35N2O2P2+. The minimum atomic E-state index is -3.22. The first kappa shape index (κ1) is 25.5. The van der Waals surface area contributed by atoms with Gasteiger partial charge < -0.3 is 0 Å². The van der Waals surface area contributed by atoms with Crippen LogP contribution in [0.3, 0.4) is 0 Å². The molecule has 0 aliphatic rings. The van der Waals surface area contributed by atoms with Crippen LogP contribution in [-0.4, -0.2) is 27.6 Å². The fourth-order valence-electron chi connectivity index (χ4n) is 4.39. The first-order chi connectivity index (χ1) is 15.8. The van der Waals surface area contributed by atoms with E-state index in [1.807, 2.05) is 95.7 Å². The lowest BCUT2D eigenvalue weighted by Crippen LogP contribution is -2.52. The lowest BCUT2D eigenvalue weighted by atomic mass is 10.2. The average molecular weight is 482 g/mol. The van der Waals surface area contributed by atoms with Crippen molar-refractivity contribution in [2.24, 2.45) is 0 Å². The van der Waals surface area contributed by atoms with Crippen LogP contribution in [0.15, 0.2) is 91.0 Å². The van der Waals surface area contributed by atoms with Gasteiger partial charge in [0.2, 0.25) is 12.6 Å². The summed E-state index contributed by atoms with van der Waals surface area (Å²) in [5.74, 6) is 0. The molecule has 0 amide bonds. The summed E-state index contributed by atoms with van der Waals surface area (Å²) in [6.45, 7) is 10.4. The van der Waals surface area contributed by atoms with E-state index in [0.29, 0.717) is 6.42 Å². The zero-order valence-corrected chi connectivity index (χ0v) is 22.0. The van der Waals surface area contributed by atoms with Gasteiger partial charge in [0.1, 0.15) is 6.17 Å². The SMILES string of the molecule is CCC(N(C(C)C)[P+](=O)c1ccccc1)N(C(C)C)P(=O)(c1ccccc1)c1ccccc1. The fraction of sp³-hybridized carbons (Fsp3) is 0.333. The van der Waals surface area contributed by atoms with E-state index in [0.717, 1.165) is 15.9 Å². The van der Waals surface area contributed by atoms with Crippen LogP contribution in [0, 0.1) is 0 Å². The first-order valence-corrected chi connectivity index (χ1v) is 14.5. The lowest BCUT2D eigenvalue weighted by molar-refractivity contribution is 0.131. The highest BCUT2D eigenvalue weighted by molar-refractivity contribution is 7.76. The quantitative estimate of drug-likeness (QED) is 0.258. The van der Waals surface area contributed by atoms with E-state index in [-0.39, 0.29) is 18.2 Å². The van der Waals surface area contributed by atoms with Gasteiger partial charge in [-0.3, -0.25) is 4.57 Å². The Labute approximate surface area is 199 Å². The molecule has 0 N–H and O–H groups in total. The van der Waals surface area contributed by atoms with Crippen LogP contribution in [0.1, 0.15) is 41.0 Å². The summed E-state index contributed by atoms with van der Waals surface area (Å²) in [6, 6.07) is 29.0. The molecule has 0 bridgehead atoms. The predicted molar refractivity (Wildman–Crippen MR) is 141 cm³/mol. The van der Waals surface area contributed by atoms with Crippen LogP contribution in [0.25, 0.3) is 0 Å². The van der Waals surface area contributed by atoms with Crippen LogP contribution in [0.5, 0.6) is 0 Å². The highest BCUT2D eigenvalue weighted by atomic mass is 31.2. The summed E-state index contributed by atoms with van der Waals surface area (Å²) in [5, 5.41) is 2.38. The Bertz CT molecular complexity index is 1030. The maximum atomic E-state index is 15.2. The van der Waals surface area contributed by atoms with Crippen LogP contribution < -0.4 is 15.9 Å². The summed E-state index contributed by atoms with van der Waals surface area (Å²) >= 11 is 0. The van der Waals surface area contributed by atoms with Gasteiger partial charge in [0.25, 0.3) is 0 Å². The summed E-state index contributed by atoms with van der Waals surface area (Å²) < 4.78 is 33.3. The molecule has 0 heterocycles. The van der Waals surface area contributed by atoms with Gasteiger partial charge in [-0.15, -0.1) is 0 Å². The number of benzene rings is 3. The van der Waals surface area contributed by atoms with Crippen molar-refractivity contribution in [3.8, 4) is 0 Å². The van der Waals surface area contributed by atoms with Gasteiger partial charge in [-0.25, -0.2) is 4.67 Å². The smallest absolute Gasteiger partial charge is 0.296 e. The van der Waals surface area contributed by atoms with Gasteiger partial charge in [0.05, 0.1) is 6.04 Å². The third-order valence-electron chi connectivity index (χ3n) is 5.76. The second kappa shape index (κ2) is 11.4. The highest BCUT2D eigenvalue weighted by Gasteiger charge is 2.48. The first-order valence-electron chi connectivity index (χ1n) is 11.6. The van der Waals surface area contributed by atoms with Crippen LogP contribution in [-0.2, 0) is 9.13 Å². The van der Waals surface area contributed by atoms with E-state index < -0.39 is 15.2 Å². The summed E-state index contributed by atoms with van der Waals surface area (Å²) in [6.07, 6.45) is 0.411. The van der Waals surface area contributed by atoms with Crippen molar-refractivity contribution in [2.75, 3.05) is 0 Å². The summed E-state index contributed by atoms with van der Waals surface area (Å²) in [4.78, 5) is 0. The Morgan fingerprint density at radius 2 is 1.15 bits per heavy atom. The molecule has 3 aromatic rings. The van der Waals surface area contributed by atoms with Gasteiger partial charge >= 0.3 is 7.95 Å². The van der Waals surface area contributed by atoms with E-state index >= 15 is 4.57 Å². The van der Waals surface area contributed by atoms with E-state index in [9.17, 15) is 4.57 Å². The van der Waals surface area contributed by atoms with Crippen molar-refractivity contribution in [3.63, 3.8) is 0 Å². The van der Waals surface area contributed by atoms with E-state index in [1.54, 1.807) is 0 Å². The monoisotopic (exact) mass is 481 g/mol. The fourth-order valence-corrected chi connectivity index (χ4v) is 9.39. The molecule has 6 heteroatoms. The second-order valence-corrected chi connectivity index (χ2v) is 12.9. The Hall–Kier alpha value is -2.09. The molecular weight excluding hydrogens is 446 g/mol. The number of hydrogen-bond acceptors (Lipinski definition) is 2. The molecule has 2 unspecified atom stereocenters. The molecule has 33 heavy (non-hydrogen) atoms. The highest BCUT2D eigenvalue weighted by Crippen LogP contribution is 2.53. The zero-order valence-electron chi connectivity index (χ0n) is 20.2. The van der Waals surface area contributed by atoms with Gasteiger partial charge in [-0.1, -0.05) is 66.2 Å². The minimum absolute atomic E-state index is 0.0000129. The summed E-state index contributed by atoms with van der Waals surface area (Å²) in [5.41, 5.74) is 0. The molecule has 0 spiro atoms. The van der Waals surface area contributed by atoms with Crippen molar-refractivity contribution < 1.29 is 9.13 Å². The molecule has 0 saturated carbocycles. The Kier molecular flexibility index (Phi) is 8.79. The third kappa shape index (κ3) is 5.36. The molecule has 0 aromatic heterocycles. The Morgan fingerprint density at radius 1 is 0.727 bits per heavy atom. The van der Waals surface area contributed by atoms with Crippen LogP contribution >= 0.6 is 15.2 Å². The van der Waals surface area contributed by atoms with Crippen molar-refractivity contribution in [1.29, 1.82) is 0 Å². The molecule has 0 aliphatic heterocycles. The van der Waals surface area contributed by atoms with E-state index in [1.165, 1.54) is 0 Å². The minimum Gasteiger partial charge on any atom is -0.296 e. The molecule has 4 nitrogen and oxygen atoms in total. The zero-order chi connectivity index (χ0) is 24.0. The van der Waals surface area contributed by atoms with Crippen molar-refractivity contribution in [1.82, 2.24) is 9.34 Å². The van der Waals surface area contributed by atoms with Gasteiger partial charge in [-0.05, 0) is 75.1 Å². The molecule has 3 rings (SSSR count). The normalized spacial score (nSPS) is 13.7. The Balaban J connectivity index is 2.21. The average Bonchev–Trinajstić information content (AvgIpc) is 2.84. The number of rotatable bonds is 10. The van der Waals surface area contributed by atoms with Crippen molar-refractivity contribution in [2.45, 2.75) is 59.3 Å². The van der Waals surface area contributed by atoms with Crippen molar-refractivity contribution >= 4 is 31.2 Å². The molecule has 0 aliphatic carbocycles. The molecule has 2 atom stereocenters. The van der Waals surface area contributed by atoms with Gasteiger partial charge in [0.15, 0.2) is 0 Å². The Morgan fingerprint density at radius 3 is 1.52 bits per heavy atom. The number of nitrogens with zero attached hydrogens (tertiary/aromatic N) is 2. The van der Waals surface area contributed by atoms with Crippen molar-refractivity contribution in [3.05, 3.63) is 91.0 Å². The lowest BCUT2D eigenvalue weighted by Gasteiger charge is -2.42. The predicted octanol–water partition coefficient (Wildman–Crippen LogP) is 6.14. The molecule has 174 valence electrons. The van der Waals surface area contributed by atoms with Crippen LogP contribution in [0.4, 0.5) is 0 Å². The number of hydrogen-bond donors (Lipinski definition) is 0. The topological polar surface area (TPSA) is 40.6 Å². The van der Waals surface area contributed by atoms with Gasteiger partial charge in [-0.2, -0.15) is 0 Å². The molecule has 3 aromatic carbocycles. The molecule has 0 saturated heterocycles. The van der Waals surface area contributed by atoms with E-state index in [2.05, 4.69) is 39.3 Å². The maximum absolute atomic E-state index is 15.2. The largest absolute Gasteiger partial charge is 0.476 e. The van der Waals surface area contributed by atoms with Gasteiger partial charge in [0, 0.05) is 16.7 Å². The van der Waals surface area contributed by atoms with Crippen LogP contribution in [0.2, 0.25) is 0 Å². The van der Waals surface area contributed by atoms with E-state index in [4.69, 9.17) is 0 Å². The maximum Gasteiger partial charge on any atom is 0.476 e. The summed E-state index contributed by atoms with van der Waals surface area (Å²) in [7, 11) is -5.07. The molecule has 0 radical (unpaired) electrons. The third-order valence-corrected chi connectivity index (χ3v) is 11.0. The second-order valence-electron chi connectivity index (χ2n) is 8.69. The molecule has 0 fully saturated rings. The standard InChI is InChI=1S/C27H35N2O2P2/c1-6-27(28(22(2)3)32(30)24-16-10-7-11-17-24)29(23(4)5)33(31,25-18-12-8-13-19-25)26-20-14-9-15-21-26/h7-23,27H,6H2,1-5H3/q+1.